The third-order valence-electron chi connectivity index (χ3n) is 6.56. The first kappa shape index (κ1) is 22.4. The Morgan fingerprint density at radius 1 is 1.15 bits per heavy atom. The molecule has 3 aliphatic rings. The molecule has 7 nitrogen and oxygen atoms in total. The predicted octanol–water partition coefficient (Wildman–Crippen LogP) is 4.33. The number of halogens is 5. The molecule has 1 aromatic carbocycles. The van der Waals surface area contributed by atoms with Crippen molar-refractivity contribution in [3.05, 3.63) is 40.8 Å². The Balaban J connectivity index is 1.05. The molecule has 0 spiro atoms. The van der Waals surface area contributed by atoms with Gasteiger partial charge in [-0.3, -0.25) is 9.53 Å². The lowest BCUT2D eigenvalue weighted by Crippen LogP contribution is -2.37. The van der Waals surface area contributed by atoms with E-state index in [1.807, 2.05) is 0 Å². The lowest BCUT2D eigenvalue weighted by atomic mass is 9.82. The minimum Gasteiger partial charge on any atom is -0.484 e. The Labute approximate surface area is 190 Å². The Morgan fingerprint density at radius 2 is 1.85 bits per heavy atom. The SMILES string of the molecule is O=C(COc1ccc(Cl)c(F)c1)NC1C[C@@H]2C(c3nnc(C4CC(OC(F)(F)F)C4)o3)[C@@H]2C1. The van der Waals surface area contributed by atoms with Crippen molar-refractivity contribution in [2.45, 2.75) is 56.0 Å². The van der Waals surface area contributed by atoms with Gasteiger partial charge in [-0.15, -0.1) is 23.4 Å². The molecule has 0 radical (unpaired) electrons. The summed E-state index contributed by atoms with van der Waals surface area (Å²) >= 11 is 5.62. The van der Waals surface area contributed by atoms with Gasteiger partial charge in [0.15, 0.2) is 6.61 Å². The second kappa shape index (κ2) is 8.43. The fraction of sp³-hybridized carbons (Fsp3) is 0.571. The van der Waals surface area contributed by atoms with Crippen LogP contribution in [0, 0.1) is 17.7 Å². The molecule has 1 heterocycles. The molecule has 3 fully saturated rings. The molecule has 0 aliphatic heterocycles. The van der Waals surface area contributed by atoms with Gasteiger partial charge in [0.05, 0.1) is 11.1 Å². The molecule has 2 aromatic rings. The molecule has 12 heteroatoms. The first-order valence-electron chi connectivity index (χ1n) is 10.6. The molecule has 5 rings (SSSR count). The van der Waals surface area contributed by atoms with Crippen LogP contribution in [0.15, 0.2) is 22.6 Å². The lowest BCUT2D eigenvalue weighted by Gasteiger charge is -2.32. The van der Waals surface area contributed by atoms with Crippen molar-refractivity contribution < 1.29 is 36.2 Å². The molecule has 1 aromatic heterocycles. The van der Waals surface area contributed by atoms with Crippen molar-refractivity contribution >= 4 is 17.5 Å². The number of ether oxygens (including phenoxy) is 2. The Kier molecular flexibility index (Phi) is 5.72. The van der Waals surface area contributed by atoms with Gasteiger partial charge >= 0.3 is 6.36 Å². The summed E-state index contributed by atoms with van der Waals surface area (Å²) in [6, 6.07) is 3.97. The van der Waals surface area contributed by atoms with Gasteiger partial charge < -0.3 is 14.5 Å². The van der Waals surface area contributed by atoms with E-state index in [1.54, 1.807) is 0 Å². The summed E-state index contributed by atoms with van der Waals surface area (Å²) in [5.41, 5.74) is 0. The maximum Gasteiger partial charge on any atom is 0.522 e. The molecule has 3 saturated carbocycles. The van der Waals surface area contributed by atoms with Crippen LogP contribution in [0.3, 0.4) is 0 Å². The number of hydrogen-bond donors (Lipinski definition) is 1. The van der Waals surface area contributed by atoms with Gasteiger partial charge in [0, 0.05) is 23.9 Å². The van der Waals surface area contributed by atoms with Crippen LogP contribution in [0.5, 0.6) is 5.75 Å². The van der Waals surface area contributed by atoms with Crippen LogP contribution in [-0.2, 0) is 9.53 Å². The molecular weight excluding hydrogens is 470 g/mol. The maximum atomic E-state index is 13.4. The number of fused-ring (bicyclic) bond motifs is 1. The number of carbonyl (C=O) groups excluding carboxylic acids is 1. The van der Waals surface area contributed by atoms with Crippen molar-refractivity contribution in [1.29, 1.82) is 0 Å². The molecule has 0 saturated heterocycles. The van der Waals surface area contributed by atoms with Gasteiger partial charge in [0.1, 0.15) is 11.6 Å². The molecular formula is C21H20ClF4N3O4. The standard InChI is InChI=1S/C21H20ClF4N3O4/c22-15-2-1-11(7-16(15)23)31-8-17(30)27-10-5-13-14(6-10)18(13)20-29-28-19(32-20)9-3-12(4-9)33-21(24,25)26/h1-2,7,9-10,12-14,18H,3-6,8H2,(H,27,30)/t9?,10?,12?,13-,14+,18?. The van der Waals surface area contributed by atoms with Crippen molar-refractivity contribution in [3.63, 3.8) is 0 Å². The van der Waals surface area contributed by atoms with E-state index in [0.29, 0.717) is 23.6 Å². The molecule has 2 unspecified atom stereocenters. The van der Waals surface area contributed by atoms with Gasteiger partial charge in [-0.25, -0.2) is 4.39 Å². The second-order valence-electron chi connectivity index (χ2n) is 8.79. The average Bonchev–Trinajstić information content (AvgIpc) is 3.06. The topological polar surface area (TPSA) is 86.5 Å². The normalized spacial score (nSPS) is 30.5. The minimum atomic E-state index is -4.63. The summed E-state index contributed by atoms with van der Waals surface area (Å²) in [6.45, 7) is -0.232. The third-order valence-corrected chi connectivity index (χ3v) is 6.86. The van der Waals surface area contributed by atoms with Crippen LogP contribution in [-0.4, -0.2) is 41.2 Å². The fourth-order valence-electron chi connectivity index (χ4n) is 4.91. The highest BCUT2D eigenvalue weighted by atomic mass is 35.5. The molecule has 1 amide bonds. The second-order valence-corrected chi connectivity index (χ2v) is 9.19. The van der Waals surface area contributed by atoms with Crippen molar-refractivity contribution in [3.8, 4) is 5.75 Å². The van der Waals surface area contributed by atoms with E-state index in [4.69, 9.17) is 20.8 Å². The minimum absolute atomic E-state index is 0.00334. The van der Waals surface area contributed by atoms with E-state index in [0.717, 1.165) is 18.9 Å². The van der Waals surface area contributed by atoms with E-state index >= 15 is 0 Å². The van der Waals surface area contributed by atoms with Crippen LogP contribution in [0.25, 0.3) is 0 Å². The number of carbonyl (C=O) groups is 1. The molecule has 33 heavy (non-hydrogen) atoms. The lowest BCUT2D eigenvalue weighted by molar-refractivity contribution is -0.352. The van der Waals surface area contributed by atoms with E-state index in [2.05, 4.69) is 20.3 Å². The van der Waals surface area contributed by atoms with Crippen molar-refractivity contribution in [2.24, 2.45) is 11.8 Å². The zero-order valence-electron chi connectivity index (χ0n) is 17.1. The molecule has 0 bridgehead atoms. The molecule has 4 atom stereocenters. The van der Waals surface area contributed by atoms with Crippen LogP contribution in [0.2, 0.25) is 5.02 Å². The van der Waals surface area contributed by atoms with E-state index in [9.17, 15) is 22.4 Å². The predicted molar refractivity (Wildman–Crippen MR) is 105 cm³/mol. The summed E-state index contributed by atoms with van der Waals surface area (Å²) in [6.07, 6.45) is -3.56. The number of hydrogen-bond acceptors (Lipinski definition) is 6. The van der Waals surface area contributed by atoms with Gasteiger partial charge in [-0.1, -0.05) is 11.6 Å². The molecule has 3 aliphatic carbocycles. The maximum absolute atomic E-state index is 13.4. The first-order valence-corrected chi connectivity index (χ1v) is 11.0. The summed E-state index contributed by atoms with van der Waals surface area (Å²) in [5, 5.41) is 11.0. The number of amides is 1. The zero-order valence-corrected chi connectivity index (χ0v) is 17.9. The Morgan fingerprint density at radius 3 is 2.52 bits per heavy atom. The smallest absolute Gasteiger partial charge is 0.484 e. The van der Waals surface area contributed by atoms with Gasteiger partial charge in [-0.05, 0) is 49.7 Å². The number of nitrogens with zero attached hydrogens (tertiary/aromatic N) is 2. The van der Waals surface area contributed by atoms with Crippen LogP contribution < -0.4 is 10.1 Å². The summed E-state index contributed by atoms with van der Waals surface area (Å²) < 4.78 is 65.2. The van der Waals surface area contributed by atoms with Crippen molar-refractivity contribution in [1.82, 2.24) is 15.5 Å². The highest BCUT2D eigenvalue weighted by molar-refractivity contribution is 6.30. The number of alkyl halides is 3. The average molecular weight is 490 g/mol. The van der Waals surface area contributed by atoms with Gasteiger partial charge in [0.2, 0.25) is 11.8 Å². The van der Waals surface area contributed by atoms with Crippen LogP contribution >= 0.6 is 11.6 Å². The third kappa shape index (κ3) is 4.93. The number of aromatic nitrogens is 2. The number of benzene rings is 1. The summed E-state index contributed by atoms with van der Waals surface area (Å²) in [4.78, 5) is 12.2. The van der Waals surface area contributed by atoms with E-state index in [1.165, 1.54) is 12.1 Å². The Hall–Kier alpha value is -2.40. The fourth-order valence-corrected chi connectivity index (χ4v) is 5.03. The van der Waals surface area contributed by atoms with Crippen molar-refractivity contribution in [2.75, 3.05) is 6.61 Å². The van der Waals surface area contributed by atoms with Crippen LogP contribution in [0.4, 0.5) is 17.6 Å². The van der Waals surface area contributed by atoms with Gasteiger partial charge in [0.25, 0.3) is 5.91 Å². The summed E-state index contributed by atoms with van der Waals surface area (Å²) in [7, 11) is 0. The summed E-state index contributed by atoms with van der Waals surface area (Å²) in [5.74, 6) is 0.719. The van der Waals surface area contributed by atoms with Crippen LogP contribution in [0.1, 0.15) is 49.3 Å². The number of rotatable bonds is 7. The zero-order chi connectivity index (χ0) is 23.3. The Bertz CT molecular complexity index is 1030. The monoisotopic (exact) mass is 489 g/mol. The van der Waals surface area contributed by atoms with E-state index < -0.39 is 18.3 Å². The molecule has 178 valence electrons. The van der Waals surface area contributed by atoms with Gasteiger partial charge in [-0.2, -0.15) is 0 Å². The van der Waals surface area contributed by atoms with E-state index in [-0.39, 0.29) is 54.0 Å². The number of nitrogens with one attached hydrogen (secondary N) is 1. The largest absolute Gasteiger partial charge is 0.522 e. The highest BCUT2D eigenvalue weighted by Crippen LogP contribution is 2.63. The quantitative estimate of drug-likeness (QED) is 0.583. The highest BCUT2D eigenvalue weighted by Gasteiger charge is 2.59. The molecule has 1 N–H and O–H groups in total. The first-order chi connectivity index (χ1) is 15.7.